The van der Waals surface area contributed by atoms with Crippen molar-refractivity contribution < 1.29 is 0 Å². The van der Waals surface area contributed by atoms with Crippen LogP contribution in [-0.2, 0) is 0 Å². The Morgan fingerprint density at radius 1 is 1.19 bits per heavy atom. The molecule has 0 bridgehead atoms. The summed E-state index contributed by atoms with van der Waals surface area (Å²) in [4.78, 5) is 2.51. The Balaban J connectivity index is 2.38. The molecule has 0 radical (unpaired) electrons. The van der Waals surface area contributed by atoms with E-state index in [2.05, 4.69) is 25.8 Å². The van der Waals surface area contributed by atoms with Crippen LogP contribution >= 0.6 is 0 Å². The van der Waals surface area contributed by atoms with Crippen LogP contribution in [0.3, 0.4) is 0 Å². The molecule has 2 nitrogen and oxygen atoms in total. The number of nitrogens with two attached hydrogens (primary N) is 1. The minimum Gasteiger partial charge on any atom is -0.329 e. The summed E-state index contributed by atoms with van der Waals surface area (Å²) in [5.41, 5.74) is 5.97. The van der Waals surface area contributed by atoms with Crippen LogP contribution in [0.25, 0.3) is 0 Å². The summed E-state index contributed by atoms with van der Waals surface area (Å²) in [6.07, 6.45) is 8.35. The van der Waals surface area contributed by atoms with E-state index in [1.807, 2.05) is 0 Å². The summed E-state index contributed by atoms with van der Waals surface area (Å²) in [6.45, 7) is 6.63. The van der Waals surface area contributed by atoms with Gasteiger partial charge in [-0.3, -0.25) is 0 Å². The van der Waals surface area contributed by atoms with Crippen LogP contribution in [0.1, 0.15) is 52.4 Å². The number of hydrogen-bond acceptors (Lipinski definition) is 2. The van der Waals surface area contributed by atoms with E-state index in [0.29, 0.717) is 6.04 Å². The van der Waals surface area contributed by atoms with E-state index in [-0.39, 0.29) is 0 Å². The van der Waals surface area contributed by atoms with Gasteiger partial charge in [-0.25, -0.2) is 0 Å². The smallest absolute Gasteiger partial charge is 0.0243 e. The fraction of sp³-hybridized carbons (Fsp3) is 1.00. The Bertz CT molecular complexity index is 174. The number of nitrogens with zero attached hydrogens (tertiary/aromatic N) is 1. The Morgan fingerprint density at radius 2 is 1.81 bits per heavy atom. The van der Waals surface area contributed by atoms with Gasteiger partial charge in [0.25, 0.3) is 0 Å². The van der Waals surface area contributed by atoms with E-state index in [0.717, 1.165) is 18.4 Å². The maximum Gasteiger partial charge on any atom is 0.0243 e. The summed E-state index contributed by atoms with van der Waals surface area (Å²) in [5.74, 6) is 1.66. The summed E-state index contributed by atoms with van der Waals surface area (Å²) >= 11 is 0. The largest absolute Gasteiger partial charge is 0.329 e. The molecule has 0 aliphatic heterocycles. The lowest BCUT2D eigenvalue weighted by Crippen LogP contribution is -2.44. The Hall–Kier alpha value is -0.0800. The lowest BCUT2D eigenvalue weighted by molar-refractivity contribution is 0.143. The van der Waals surface area contributed by atoms with Crippen molar-refractivity contribution in [3.8, 4) is 0 Å². The highest BCUT2D eigenvalue weighted by Crippen LogP contribution is 2.28. The van der Waals surface area contributed by atoms with Crippen molar-refractivity contribution in [1.29, 1.82) is 0 Å². The maximum absolute atomic E-state index is 5.97. The summed E-state index contributed by atoms with van der Waals surface area (Å²) in [6, 6.07) is 0.624. The Kier molecular flexibility index (Phi) is 6.37. The van der Waals surface area contributed by atoms with Gasteiger partial charge >= 0.3 is 0 Å². The van der Waals surface area contributed by atoms with E-state index >= 15 is 0 Å². The van der Waals surface area contributed by atoms with E-state index in [1.165, 1.54) is 45.1 Å². The summed E-state index contributed by atoms with van der Waals surface area (Å²) in [5, 5.41) is 0. The van der Waals surface area contributed by atoms with Crippen LogP contribution in [0.2, 0.25) is 0 Å². The predicted molar refractivity (Wildman–Crippen MR) is 71.5 cm³/mol. The summed E-state index contributed by atoms with van der Waals surface area (Å²) < 4.78 is 0. The third-order valence-corrected chi connectivity index (χ3v) is 4.06. The highest BCUT2D eigenvalue weighted by molar-refractivity contribution is 4.81. The van der Waals surface area contributed by atoms with Crippen LogP contribution in [0.15, 0.2) is 0 Å². The third-order valence-electron chi connectivity index (χ3n) is 4.06. The molecule has 1 aliphatic carbocycles. The SMILES string of the molecule is CC(C)CCN(C)C(CN)C1CCCCC1. The maximum atomic E-state index is 5.97. The van der Waals surface area contributed by atoms with Gasteiger partial charge in [-0.05, 0) is 44.7 Å². The van der Waals surface area contributed by atoms with Gasteiger partial charge in [-0.15, -0.1) is 0 Å². The zero-order chi connectivity index (χ0) is 12.0. The second kappa shape index (κ2) is 7.29. The molecule has 1 atom stereocenters. The lowest BCUT2D eigenvalue weighted by Gasteiger charge is -2.36. The third kappa shape index (κ3) is 4.42. The van der Waals surface area contributed by atoms with Gasteiger partial charge in [0.2, 0.25) is 0 Å². The van der Waals surface area contributed by atoms with Crippen molar-refractivity contribution in [2.75, 3.05) is 20.1 Å². The highest BCUT2D eigenvalue weighted by Gasteiger charge is 2.25. The van der Waals surface area contributed by atoms with Gasteiger partial charge in [-0.2, -0.15) is 0 Å². The average molecular weight is 226 g/mol. The number of likely N-dealkylation sites (N-methyl/N-ethyl adjacent to an activating group) is 1. The minimum atomic E-state index is 0.624. The van der Waals surface area contributed by atoms with Gasteiger partial charge < -0.3 is 10.6 Å². The van der Waals surface area contributed by atoms with E-state index < -0.39 is 0 Å². The van der Waals surface area contributed by atoms with Crippen molar-refractivity contribution >= 4 is 0 Å². The second-order valence-electron chi connectivity index (χ2n) is 5.86. The Morgan fingerprint density at radius 3 is 2.31 bits per heavy atom. The normalized spacial score (nSPS) is 20.6. The van der Waals surface area contributed by atoms with Gasteiger partial charge in [0.15, 0.2) is 0 Å². The molecule has 0 aromatic carbocycles. The van der Waals surface area contributed by atoms with Crippen LogP contribution < -0.4 is 5.73 Å². The van der Waals surface area contributed by atoms with Crippen LogP contribution in [0, 0.1) is 11.8 Å². The first kappa shape index (κ1) is 14.0. The highest BCUT2D eigenvalue weighted by atomic mass is 15.1. The Labute approximate surface area is 102 Å². The van der Waals surface area contributed by atoms with Gasteiger partial charge in [0.1, 0.15) is 0 Å². The molecule has 0 spiro atoms. The van der Waals surface area contributed by atoms with Gasteiger partial charge in [0, 0.05) is 12.6 Å². The molecule has 2 N–H and O–H groups in total. The average Bonchev–Trinajstić information content (AvgIpc) is 2.29. The molecule has 1 unspecified atom stereocenters. The zero-order valence-corrected chi connectivity index (χ0v) is 11.4. The zero-order valence-electron chi connectivity index (χ0n) is 11.4. The summed E-state index contributed by atoms with van der Waals surface area (Å²) in [7, 11) is 2.26. The first-order chi connectivity index (χ1) is 7.65. The van der Waals surface area contributed by atoms with Crippen LogP contribution in [-0.4, -0.2) is 31.1 Å². The predicted octanol–water partition coefficient (Wildman–Crippen LogP) is 2.87. The molecular formula is C14H30N2. The topological polar surface area (TPSA) is 29.3 Å². The molecule has 0 aromatic heterocycles. The van der Waals surface area contributed by atoms with Crippen molar-refractivity contribution in [2.24, 2.45) is 17.6 Å². The van der Waals surface area contributed by atoms with Gasteiger partial charge in [0.05, 0.1) is 0 Å². The molecule has 1 rings (SSSR count). The quantitative estimate of drug-likeness (QED) is 0.754. The van der Waals surface area contributed by atoms with E-state index in [4.69, 9.17) is 5.73 Å². The lowest BCUT2D eigenvalue weighted by atomic mass is 9.83. The standard InChI is InChI=1S/C14H30N2/c1-12(2)9-10-16(3)14(11-15)13-7-5-4-6-8-13/h12-14H,4-11,15H2,1-3H3. The number of hydrogen-bond donors (Lipinski definition) is 1. The van der Waals surface area contributed by atoms with Gasteiger partial charge in [-0.1, -0.05) is 33.1 Å². The monoisotopic (exact) mass is 226 g/mol. The molecule has 0 saturated heterocycles. The van der Waals surface area contributed by atoms with Crippen LogP contribution in [0.4, 0.5) is 0 Å². The van der Waals surface area contributed by atoms with Crippen LogP contribution in [0.5, 0.6) is 0 Å². The fourth-order valence-corrected chi connectivity index (χ4v) is 2.88. The van der Waals surface area contributed by atoms with E-state index in [1.54, 1.807) is 0 Å². The van der Waals surface area contributed by atoms with Crippen molar-refractivity contribution in [2.45, 2.75) is 58.4 Å². The van der Waals surface area contributed by atoms with Crippen molar-refractivity contribution in [1.82, 2.24) is 4.90 Å². The molecule has 16 heavy (non-hydrogen) atoms. The molecule has 0 amide bonds. The molecule has 0 heterocycles. The molecule has 1 saturated carbocycles. The number of rotatable bonds is 6. The van der Waals surface area contributed by atoms with Crippen molar-refractivity contribution in [3.63, 3.8) is 0 Å². The molecule has 1 aliphatic rings. The molecule has 2 heteroatoms. The molecule has 96 valence electrons. The fourth-order valence-electron chi connectivity index (χ4n) is 2.88. The van der Waals surface area contributed by atoms with Crippen molar-refractivity contribution in [3.05, 3.63) is 0 Å². The molecule has 1 fully saturated rings. The minimum absolute atomic E-state index is 0.624. The second-order valence-corrected chi connectivity index (χ2v) is 5.86. The molecular weight excluding hydrogens is 196 g/mol. The first-order valence-corrected chi connectivity index (χ1v) is 7.05. The first-order valence-electron chi connectivity index (χ1n) is 7.05. The molecule has 0 aromatic rings. The van der Waals surface area contributed by atoms with E-state index in [9.17, 15) is 0 Å².